The van der Waals surface area contributed by atoms with Crippen molar-refractivity contribution in [3.8, 4) is 0 Å². The summed E-state index contributed by atoms with van der Waals surface area (Å²) in [5, 5.41) is 0. The molecule has 0 aliphatic carbocycles. The second-order valence-electron chi connectivity index (χ2n) is 4.48. The quantitative estimate of drug-likeness (QED) is 0.813. The van der Waals surface area contributed by atoms with Crippen molar-refractivity contribution in [2.45, 2.75) is 17.9 Å². The number of nitrogens with two attached hydrogens (primary N) is 1. The molecule has 2 aromatic rings. The highest BCUT2D eigenvalue weighted by Crippen LogP contribution is 2.23. The molecule has 0 radical (unpaired) electrons. The number of rotatable bonds is 6. The van der Waals surface area contributed by atoms with Crippen LogP contribution in [0.15, 0.2) is 52.1 Å². The van der Waals surface area contributed by atoms with Crippen LogP contribution in [0.4, 0.5) is 0 Å². The zero-order chi connectivity index (χ0) is 15.3. The maximum absolute atomic E-state index is 12.3. The summed E-state index contributed by atoms with van der Waals surface area (Å²) < 4.78 is 27.6. The van der Waals surface area contributed by atoms with Crippen molar-refractivity contribution in [3.63, 3.8) is 0 Å². The molecule has 112 valence electrons. The number of aromatic nitrogens is 1. The number of nitrogens with one attached hydrogen (secondary N) is 1. The topological polar surface area (TPSA) is 85.1 Å². The first kappa shape index (κ1) is 16.1. The summed E-state index contributed by atoms with van der Waals surface area (Å²) in [7, 11) is -3.54. The first-order valence-corrected chi connectivity index (χ1v) is 8.67. The van der Waals surface area contributed by atoms with Crippen molar-refractivity contribution in [1.82, 2.24) is 9.71 Å². The van der Waals surface area contributed by atoms with Crippen LogP contribution in [0, 0.1) is 0 Å². The SMILES string of the molecule is NCc1ccc(S(=O)(=O)NCCc2cccnc2)c(Br)c1. The third-order valence-electron chi connectivity index (χ3n) is 2.95. The third-order valence-corrected chi connectivity index (χ3v) is 5.39. The summed E-state index contributed by atoms with van der Waals surface area (Å²) >= 11 is 3.28. The van der Waals surface area contributed by atoms with Crippen LogP contribution in [0.5, 0.6) is 0 Å². The number of halogens is 1. The number of sulfonamides is 1. The molecule has 0 spiro atoms. The monoisotopic (exact) mass is 369 g/mol. The second kappa shape index (κ2) is 7.13. The van der Waals surface area contributed by atoms with Crippen LogP contribution in [-0.4, -0.2) is 19.9 Å². The smallest absolute Gasteiger partial charge is 0.241 e. The van der Waals surface area contributed by atoms with Gasteiger partial charge in [-0.3, -0.25) is 4.98 Å². The van der Waals surface area contributed by atoms with E-state index in [9.17, 15) is 8.42 Å². The van der Waals surface area contributed by atoms with Gasteiger partial charge in [-0.25, -0.2) is 13.1 Å². The molecule has 0 saturated heterocycles. The molecule has 3 N–H and O–H groups in total. The number of benzene rings is 1. The molecule has 0 bridgehead atoms. The molecule has 0 saturated carbocycles. The summed E-state index contributed by atoms with van der Waals surface area (Å²) in [5.74, 6) is 0. The van der Waals surface area contributed by atoms with Gasteiger partial charge in [0.25, 0.3) is 0 Å². The van der Waals surface area contributed by atoms with Crippen LogP contribution in [0.3, 0.4) is 0 Å². The van der Waals surface area contributed by atoms with Gasteiger partial charge in [-0.2, -0.15) is 0 Å². The lowest BCUT2D eigenvalue weighted by Crippen LogP contribution is -2.26. The van der Waals surface area contributed by atoms with E-state index in [4.69, 9.17) is 5.73 Å². The largest absolute Gasteiger partial charge is 0.326 e. The molecule has 0 fully saturated rings. The molecular weight excluding hydrogens is 354 g/mol. The first-order valence-electron chi connectivity index (χ1n) is 6.40. The summed E-state index contributed by atoms with van der Waals surface area (Å²) in [6.45, 7) is 0.687. The van der Waals surface area contributed by atoms with Gasteiger partial charge in [0.2, 0.25) is 10.0 Å². The zero-order valence-corrected chi connectivity index (χ0v) is 13.7. The van der Waals surface area contributed by atoms with Gasteiger partial charge in [0, 0.05) is 30.0 Å². The van der Waals surface area contributed by atoms with Gasteiger partial charge < -0.3 is 5.73 Å². The maximum Gasteiger partial charge on any atom is 0.241 e. The lowest BCUT2D eigenvalue weighted by Gasteiger charge is -2.09. The minimum Gasteiger partial charge on any atom is -0.326 e. The Morgan fingerprint density at radius 1 is 1.24 bits per heavy atom. The summed E-state index contributed by atoms with van der Waals surface area (Å²) in [4.78, 5) is 4.21. The normalized spacial score (nSPS) is 11.5. The van der Waals surface area contributed by atoms with Gasteiger partial charge >= 0.3 is 0 Å². The van der Waals surface area contributed by atoms with E-state index in [0.717, 1.165) is 11.1 Å². The predicted molar refractivity (Wildman–Crippen MR) is 85.2 cm³/mol. The Kier molecular flexibility index (Phi) is 5.46. The molecule has 0 aliphatic heterocycles. The van der Waals surface area contributed by atoms with Crippen LogP contribution in [0.2, 0.25) is 0 Å². The second-order valence-corrected chi connectivity index (χ2v) is 7.07. The van der Waals surface area contributed by atoms with Crippen LogP contribution >= 0.6 is 15.9 Å². The summed E-state index contributed by atoms with van der Waals surface area (Å²) in [6.07, 6.45) is 4.00. The molecule has 0 atom stereocenters. The first-order chi connectivity index (χ1) is 10.0. The summed E-state index contributed by atoms with van der Waals surface area (Å²) in [6, 6.07) is 8.72. The zero-order valence-electron chi connectivity index (χ0n) is 11.3. The van der Waals surface area contributed by atoms with Crippen molar-refractivity contribution in [2.24, 2.45) is 5.73 Å². The summed E-state index contributed by atoms with van der Waals surface area (Å²) in [5.41, 5.74) is 7.39. The van der Waals surface area contributed by atoms with Crippen LogP contribution in [-0.2, 0) is 23.0 Å². The maximum atomic E-state index is 12.3. The van der Waals surface area contributed by atoms with Crippen molar-refractivity contribution in [2.75, 3.05) is 6.54 Å². The average Bonchev–Trinajstić information content (AvgIpc) is 2.47. The van der Waals surface area contributed by atoms with Crippen molar-refractivity contribution in [1.29, 1.82) is 0 Å². The molecule has 0 unspecified atom stereocenters. The number of hydrogen-bond donors (Lipinski definition) is 2. The predicted octanol–water partition coefficient (Wildman–Crippen LogP) is 1.82. The highest BCUT2D eigenvalue weighted by molar-refractivity contribution is 9.10. The third kappa shape index (κ3) is 4.34. The molecule has 2 rings (SSSR count). The molecule has 1 heterocycles. The van der Waals surface area contributed by atoms with Crippen molar-refractivity contribution >= 4 is 26.0 Å². The Balaban J connectivity index is 2.05. The van der Waals surface area contributed by atoms with Gasteiger partial charge in [-0.05, 0) is 51.7 Å². The lowest BCUT2D eigenvalue weighted by atomic mass is 10.2. The fourth-order valence-electron chi connectivity index (χ4n) is 1.84. The van der Waals surface area contributed by atoms with E-state index < -0.39 is 10.0 Å². The van der Waals surface area contributed by atoms with Gasteiger partial charge in [0.15, 0.2) is 0 Å². The fraction of sp³-hybridized carbons (Fsp3) is 0.214. The van der Waals surface area contributed by atoms with Crippen LogP contribution < -0.4 is 10.5 Å². The molecule has 7 heteroatoms. The van der Waals surface area contributed by atoms with Crippen molar-refractivity contribution < 1.29 is 8.42 Å². The van der Waals surface area contributed by atoms with E-state index in [2.05, 4.69) is 25.6 Å². The van der Waals surface area contributed by atoms with E-state index in [1.54, 1.807) is 30.6 Å². The Labute approximate surface area is 132 Å². The molecular formula is C14H16BrN3O2S. The highest BCUT2D eigenvalue weighted by Gasteiger charge is 2.17. The van der Waals surface area contributed by atoms with Gasteiger partial charge in [-0.1, -0.05) is 12.1 Å². The average molecular weight is 370 g/mol. The molecule has 1 aromatic heterocycles. The van der Waals surface area contributed by atoms with E-state index in [-0.39, 0.29) is 4.90 Å². The minimum absolute atomic E-state index is 0.214. The van der Waals surface area contributed by atoms with Crippen molar-refractivity contribution in [3.05, 3.63) is 58.3 Å². The Hall–Kier alpha value is -1.28. The highest BCUT2D eigenvalue weighted by atomic mass is 79.9. The Morgan fingerprint density at radius 2 is 2.05 bits per heavy atom. The van der Waals surface area contributed by atoms with Gasteiger partial charge in [0.1, 0.15) is 0 Å². The fourth-order valence-corrected chi connectivity index (χ4v) is 4.00. The number of hydrogen-bond acceptors (Lipinski definition) is 4. The van der Waals surface area contributed by atoms with Gasteiger partial charge in [0.05, 0.1) is 4.90 Å². The standard InChI is InChI=1S/C14H16BrN3O2S/c15-13-8-12(9-16)3-4-14(13)21(19,20)18-7-5-11-2-1-6-17-10-11/h1-4,6,8,10,18H,5,7,9,16H2. The minimum atomic E-state index is -3.54. The van der Waals surface area contributed by atoms with Gasteiger partial charge in [-0.15, -0.1) is 0 Å². The Bertz CT molecular complexity index is 705. The molecule has 21 heavy (non-hydrogen) atoms. The molecule has 0 aliphatic rings. The van der Waals surface area contributed by atoms with E-state index in [0.29, 0.717) is 24.0 Å². The number of nitrogens with zero attached hydrogens (tertiary/aromatic N) is 1. The van der Waals surface area contributed by atoms with E-state index in [1.165, 1.54) is 0 Å². The molecule has 1 aromatic carbocycles. The van der Waals surface area contributed by atoms with Crippen LogP contribution in [0.1, 0.15) is 11.1 Å². The van der Waals surface area contributed by atoms with E-state index in [1.807, 2.05) is 12.1 Å². The molecule has 5 nitrogen and oxygen atoms in total. The Morgan fingerprint density at radius 3 is 2.67 bits per heavy atom. The van der Waals surface area contributed by atoms with E-state index >= 15 is 0 Å². The lowest BCUT2D eigenvalue weighted by molar-refractivity contribution is 0.581. The molecule has 0 amide bonds. The number of pyridine rings is 1. The van der Waals surface area contributed by atoms with Crippen LogP contribution in [0.25, 0.3) is 0 Å².